The van der Waals surface area contributed by atoms with Crippen LogP contribution in [0.5, 0.6) is 0 Å². The van der Waals surface area contributed by atoms with Gasteiger partial charge in [-0.3, -0.25) is 10.2 Å². The molecular weight excluding hydrogens is 214 g/mol. The molecule has 0 bridgehead atoms. The zero-order valence-electron chi connectivity index (χ0n) is 11.1. The van der Waals surface area contributed by atoms with Gasteiger partial charge in [-0.05, 0) is 51.2 Å². The Labute approximate surface area is 105 Å². The van der Waals surface area contributed by atoms with E-state index < -0.39 is 0 Å². The molecule has 0 aromatic rings. The monoisotopic (exact) mass is 241 g/mol. The zero-order valence-corrected chi connectivity index (χ0v) is 11.1. The quantitative estimate of drug-likeness (QED) is 0.422. The summed E-state index contributed by atoms with van der Waals surface area (Å²) >= 11 is 0. The molecule has 4 nitrogen and oxygen atoms in total. The number of rotatable bonds is 6. The van der Waals surface area contributed by atoms with Crippen molar-refractivity contribution in [3.63, 3.8) is 0 Å². The molecule has 0 saturated carbocycles. The highest BCUT2D eigenvalue weighted by Crippen LogP contribution is 2.21. The molecule has 1 saturated heterocycles. The van der Waals surface area contributed by atoms with Crippen molar-refractivity contribution in [3.8, 4) is 0 Å². The molecule has 1 unspecified atom stereocenters. The highest BCUT2D eigenvalue weighted by atomic mass is 16.2. The molecule has 100 valence electrons. The maximum absolute atomic E-state index is 11.0. The molecule has 0 radical (unpaired) electrons. The maximum atomic E-state index is 11.0. The third-order valence-electron chi connectivity index (χ3n) is 3.68. The van der Waals surface area contributed by atoms with Crippen LogP contribution in [0.15, 0.2) is 0 Å². The SMILES string of the molecule is CCCC1CCCN(CCCC(=O)NN)CC1. The Hall–Kier alpha value is -0.610. The molecule has 3 N–H and O–H groups in total. The standard InChI is InChI=1S/C13H27N3O/c1-2-5-12-6-3-9-16(11-8-12)10-4-7-13(17)15-14/h12H,2-11,14H2,1H3,(H,15,17). The Morgan fingerprint density at radius 2 is 2.24 bits per heavy atom. The van der Waals surface area contributed by atoms with E-state index in [0.29, 0.717) is 6.42 Å². The summed E-state index contributed by atoms with van der Waals surface area (Å²) in [4.78, 5) is 13.5. The molecule has 1 amide bonds. The highest BCUT2D eigenvalue weighted by molar-refractivity contribution is 5.75. The number of carbonyl (C=O) groups excluding carboxylic acids is 1. The molecule has 0 aromatic carbocycles. The Kier molecular flexibility index (Phi) is 7.21. The fourth-order valence-corrected chi connectivity index (χ4v) is 2.68. The zero-order chi connectivity index (χ0) is 12.5. The summed E-state index contributed by atoms with van der Waals surface area (Å²) in [6.07, 6.45) is 8.18. The van der Waals surface area contributed by atoms with E-state index in [1.807, 2.05) is 0 Å². The summed E-state index contributed by atoms with van der Waals surface area (Å²) in [6.45, 7) is 5.71. The lowest BCUT2D eigenvalue weighted by Crippen LogP contribution is -2.31. The second-order valence-corrected chi connectivity index (χ2v) is 5.10. The van der Waals surface area contributed by atoms with E-state index in [-0.39, 0.29) is 5.91 Å². The molecule has 1 aliphatic rings. The van der Waals surface area contributed by atoms with Crippen LogP contribution in [0.4, 0.5) is 0 Å². The summed E-state index contributed by atoms with van der Waals surface area (Å²) < 4.78 is 0. The van der Waals surface area contributed by atoms with Crippen LogP contribution in [0, 0.1) is 5.92 Å². The Balaban J connectivity index is 2.15. The summed E-state index contributed by atoms with van der Waals surface area (Å²) in [5.74, 6) is 5.93. The summed E-state index contributed by atoms with van der Waals surface area (Å²) in [6, 6.07) is 0. The maximum Gasteiger partial charge on any atom is 0.233 e. The predicted molar refractivity (Wildman–Crippen MR) is 70.3 cm³/mol. The first-order chi connectivity index (χ1) is 8.26. The third kappa shape index (κ3) is 6.03. The summed E-state index contributed by atoms with van der Waals surface area (Å²) in [5, 5.41) is 0. The van der Waals surface area contributed by atoms with Crippen LogP contribution in [0.25, 0.3) is 0 Å². The van der Waals surface area contributed by atoms with Crippen molar-refractivity contribution in [2.75, 3.05) is 19.6 Å². The van der Waals surface area contributed by atoms with Crippen LogP contribution in [-0.2, 0) is 4.79 Å². The number of hydrazine groups is 1. The minimum absolute atomic E-state index is 0.0521. The van der Waals surface area contributed by atoms with E-state index in [4.69, 9.17) is 5.84 Å². The van der Waals surface area contributed by atoms with E-state index in [1.54, 1.807) is 0 Å². The smallest absolute Gasteiger partial charge is 0.233 e. The molecule has 1 heterocycles. The van der Waals surface area contributed by atoms with Crippen molar-refractivity contribution < 1.29 is 4.79 Å². The van der Waals surface area contributed by atoms with E-state index in [1.165, 1.54) is 45.2 Å². The largest absolute Gasteiger partial charge is 0.303 e. The number of nitrogens with two attached hydrogens (primary N) is 1. The topological polar surface area (TPSA) is 58.4 Å². The molecule has 1 aliphatic heterocycles. The number of nitrogens with zero attached hydrogens (tertiary/aromatic N) is 1. The van der Waals surface area contributed by atoms with Crippen molar-refractivity contribution in [2.45, 2.75) is 51.9 Å². The van der Waals surface area contributed by atoms with Crippen LogP contribution < -0.4 is 11.3 Å². The van der Waals surface area contributed by atoms with Gasteiger partial charge in [0.05, 0.1) is 0 Å². The molecule has 4 heteroatoms. The van der Waals surface area contributed by atoms with Crippen molar-refractivity contribution in [2.24, 2.45) is 11.8 Å². The van der Waals surface area contributed by atoms with Gasteiger partial charge in [0.2, 0.25) is 5.91 Å². The first-order valence-corrected chi connectivity index (χ1v) is 6.98. The van der Waals surface area contributed by atoms with E-state index in [2.05, 4.69) is 17.2 Å². The van der Waals surface area contributed by atoms with Crippen LogP contribution in [-0.4, -0.2) is 30.4 Å². The van der Waals surface area contributed by atoms with E-state index in [9.17, 15) is 4.79 Å². The normalized spacial score (nSPS) is 22.1. The summed E-state index contributed by atoms with van der Waals surface area (Å²) in [5.41, 5.74) is 2.18. The number of hydrogen-bond acceptors (Lipinski definition) is 3. The van der Waals surface area contributed by atoms with Gasteiger partial charge < -0.3 is 4.90 Å². The second-order valence-electron chi connectivity index (χ2n) is 5.10. The molecule has 0 spiro atoms. The average molecular weight is 241 g/mol. The third-order valence-corrected chi connectivity index (χ3v) is 3.68. The number of carbonyl (C=O) groups is 1. The van der Waals surface area contributed by atoms with Crippen LogP contribution in [0.1, 0.15) is 51.9 Å². The van der Waals surface area contributed by atoms with Crippen molar-refractivity contribution in [1.29, 1.82) is 0 Å². The summed E-state index contributed by atoms with van der Waals surface area (Å²) in [7, 11) is 0. The lowest BCUT2D eigenvalue weighted by molar-refractivity contribution is -0.121. The minimum atomic E-state index is -0.0521. The lowest BCUT2D eigenvalue weighted by Gasteiger charge is -2.19. The minimum Gasteiger partial charge on any atom is -0.303 e. The molecule has 1 rings (SSSR count). The molecule has 1 fully saturated rings. The van der Waals surface area contributed by atoms with Gasteiger partial charge in [0.15, 0.2) is 0 Å². The Bertz CT molecular complexity index is 221. The van der Waals surface area contributed by atoms with Gasteiger partial charge in [-0.25, -0.2) is 5.84 Å². The van der Waals surface area contributed by atoms with E-state index in [0.717, 1.165) is 18.9 Å². The first-order valence-electron chi connectivity index (χ1n) is 6.98. The van der Waals surface area contributed by atoms with Gasteiger partial charge in [-0.2, -0.15) is 0 Å². The Morgan fingerprint density at radius 1 is 1.41 bits per heavy atom. The molecule has 17 heavy (non-hydrogen) atoms. The predicted octanol–water partition coefficient (Wildman–Crippen LogP) is 1.66. The Morgan fingerprint density at radius 3 is 2.94 bits per heavy atom. The van der Waals surface area contributed by atoms with Gasteiger partial charge >= 0.3 is 0 Å². The van der Waals surface area contributed by atoms with Crippen LogP contribution in [0.3, 0.4) is 0 Å². The number of nitrogens with one attached hydrogen (secondary N) is 1. The van der Waals surface area contributed by atoms with Crippen LogP contribution in [0.2, 0.25) is 0 Å². The molecular formula is C13H27N3O. The van der Waals surface area contributed by atoms with E-state index >= 15 is 0 Å². The fourth-order valence-electron chi connectivity index (χ4n) is 2.68. The molecule has 1 atom stereocenters. The van der Waals surface area contributed by atoms with Crippen LogP contribution >= 0.6 is 0 Å². The average Bonchev–Trinajstić information content (AvgIpc) is 2.55. The molecule has 0 aromatic heterocycles. The van der Waals surface area contributed by atoms with Crippen molar-refractivity contribution in [3.05, 3.63) is 0 Å². The van der Waals surface area contributed by atoms with Gasteiger partial charge in [-0.15, -0.1) is 0 Å². The fraction of sp³-hybridized carbons (Fsp3) is 0.923. The van der Waals surface area contributed by atoms with Gasteiger partial charge in [-0.1, -0.05) is 19.8 Å². The number of hydrogen-bond donors (Lipinski definition) is 2. The van der Waals surface area contributed by atoms with Gasteiger partial charge in [0.25, 0.3) is 0 Å². The highest BCUT2D eigenvalue weighted by Gasteiger charge is 2.16. The lowest BCUT2D eigenvalue weighted by atomic mass is 9.96. The number of amides is 1. The van der Waals surface area contributed by atoms with Gasteiger partial charge in [0, 0.05) is 6.42 Å². The number of likely N-dealkylation sites (tertiary alicyclic amines) is 1. The first kappa shape index (κ1) is 14.5. The van der Waals surface area contributed by atoms with Gasteiger partial charge in [0.1, 0.15) is 0 Å². The molecule has 0 aliphatic carbocycles. The second kappa shape index (κ2) is 8.48. The van der Waals surface area contributed by atoms with Crippen molar-refractivity contribution in [1.82, 2.24) is 10.3 Å². The van der Waals surface area contributed by atoms with Crippen molar-refractivity contribution >= 4 is 5.91 Å².